The smallest absolute Gasteiger partial charge is 0.340 e. The first-order chi connectivity index (χ1) is 13.5. The second-order valence-corrected chi connectivity index (χ2v) is 6.98. The summed E-state index contributed by atoms with van der Waals surface area (Å²) in [7, 11) is 0. The zero-order valence-corrected chi connectivity index (χ0v) is 15.2. The Morgan fingerprint density at radius 2 is 1.96 bits per heavy atom. The van der Waals surface area contributed by atoms with Crippen LogP contribution in [-0.2, 0) is 14.3 Å². The normalized spacial score (nSPS) is 17.1. The predicted octanol–water partition coefficient (Wildman–Crippen LogP) is 2.12. The number of esters is 1. The molecule has 1 aliphatic carbocycles. The van der Waals surface area contributed by atoms with E-state index in [1.54, 1.807) is 18.2 Å². The molecule has 1 aromatic carbocycles. The molecule has 4 rings (SSSR count). The number of hydrogen-bond acceptors (Lipinski definition) is 6. The van der Waals surface area contributed by atoms with E-state index in [9.17, 15) is 14.4 Å². The second-order valence-electron chi connectivity index (χ2n) is 6.98. The minimum Gasteiger partial charge on any atom is -0.452 e. The van der Waals surface area contributed by atoms with Gasteiger partial charge < -0.3 is 15.8 Å². The summed E-state index contributed by atoms with van der Waals surface area (Å²) in [6, 6.07) is 8.57. The van der Waals surface area contributed by atoms with Crippen LogP contribution in [-0.4, -0.2) is 34.9 Å². The highest BCUT2D eigenvalue weighted by molar-refractivity contribution is 6.15. The number of fused-ring (bicyclic) bond motifs is 1. The Balaban J connectivity index is 1.60. The van der Waals surface area contributed by atoms with E-state index in [0.717, 1.165) is 12.8 Å². The van der Waals surface area contributed by atoms with Crippen LogP contribution in [0.3, 0.4) is 0 Å². The Hall–Kier alpha value is -3.42. The first kappa shape index (κ1) is 18.0. The summed E-state index contributed by atoms with van der Waals surface area (Å²) >= 11 is 0. The number of pyridine rings is 1. The van der Waals surface area contributed by atoms with E-state index in [4.69, 9.17) is 10.5 Å². The standard InChI is InChI=1S/C20H20N4O4/c21-14-11-22-10-7-13(14)18(26)28-12-17(25)24-16-6-2-1-5-15(16)23-19(27)20(24)8-3-4-9-20/h1-2,5-7,10-11H,3-4,8-9,12,21H2,(H,23,27). The number of hydrogen-bond donors (Lipinski definition) is 2. The van der Waals surface area contributed by atoms with Crippen molar-refractivity contribution in [1.29, 1.82) is 0 Å². The lowest BCUT2D eigenvalue weighted by atomic mass is 9.90. The lowest BCUT2D eigenvalue weighted by molar-refractivity contribution is -0.129. The number of ether oxygens (including phenoxy) is 1. The quantitative estimate of drug-likeness (QED) is 0.788. The molecule has 2 aliphatic rings. The number of carbonyl (C=O) groups excluding carboxylic acids is 3. The van der Waals surface area contributed by atoms with E-state index in [1.165, 1.54) is 23.4 Å². The van der Waals surface area contributed by atoms with Crippen LogP contribution in [0.2, 0.25) is 0 Å². The molecule has 0 radical (unpaired) electrons. The van der Waals surface area contributed by atoms with E-state index < -0.39 is 24.0 Å². The second kappa shape index (κ2) is 6.95. The molecule has 1 spiro atoms. The molecule has 1 aromatic heterocycles. The minimum atomic E-state index is -0.937. The van der Waals surface area contributed by atoms with Gasteiger partial charge in [-0.15, -0.1) is 0 Å². The van der Waals surface area contributed by atoms with Gasteiger partial charge in [0.2, 0.25) is 0 Å². The zero-order valence-electron chi connectivity index (χ0n) is 15.2. The molecule has 0 atom stereocenters. The van der Waals surface area contributed by atoms with Crippen molar-refractivity contribution in [2.75, 3.05) is 22.6 Å². The molecule has 144 valence electrons. The van der Waals surface area contributed by atoms with Crippen LogP contribution in [0.5, 0.6) is 0 Å². The van der Waals surface area contributed by atoms with Gasteiger partial charge in [0.1, 0.15) is 5.54 Å². The number of aromatic nitrogens is 1. The van der Waals surface area contributed by atoms with E-state index in [0.29, 0.717) is 24.2 Å². The molecular weight excluding hydrogens is 360 g/mol. The number of carbonyl (C=O) groups is 3. The lowest BCUT2D eigenvalue weighted by Crippen LogP contribution is -2.61. The largest absolute Gasteiger partial charge is 0.452 e. The molecule has 1 fully saturated rings. The van der Waals surface area contributed by atoms with Crippen molar-refractivity contribution in [3.05, 3.63) is 48.3 Å². The molecule has 28 heavy (non-hydrogen) atoms. The molecule has 3 N–H and O–H groups in total. The highest BCUT2D eigenvalue weighted by atomic mass is 16.5. The van der Waals surface area contributed by atoms with E-state index in [2.05, 4.69) is 10.3 Å². The molecule has 2 heterocycles. The van der Waals surface area contributed by atoms with Gasteiger partial charge >= 0.3 is 5.97 Å². The topological polar surface area (TPSA) is 115 Å². The number of nitrogen functional groups attached to an aromatic ring is 1. The maximum Gasteiger partial charge on any atom is 0.340 e. The number of amides is 2. The van der Waals surface area contributed by atoms with Crippen LogP contribution in [0.25, 0.3) is 0 Å². The Bertz CT molecular complexity index is 953. The predicted molar refractivity (Wildman–Crippen MR) is 103 cm³/mol. The fourth-order valence-electron chi connectivity index (χ4n) is 3.99. The molecule has 1 saturated carbocycles. The molecule has 2 aromatic rings. The van der Waals surface area contributed by atoms with Crippen LogP contribution in [0.4, 0.5) is 17.1 Å². The average molecular weight is 380 g/mol. The number of nitrogens with two attached hydrogens (primary N) is 1. The summed E-state index contributed by atoms with van der Waals surface area (Å²) in [6.45, 7) is -0.482. The number of benzene rings is 1. The van der Waals surface area contributed by atoms with Crippen molar-refractivity contribution >= 4 is 34.8 Å². The van der Waals surface area contributed by atoms with Crippen molar-refractivity contribution in [2.24, 2.45) is 0 Å². The van der Waals surface area contributed by atoms with E-state index in [1.807, 2.05) is 6.07 Å². The van der Waals surface area contributed by atoms with Crippen molar-refractivity contribution < 1.29 is 19.1 Å². The van der Waals surface area contributed by atoms with Gasteiger partial charge in [0.15, 0.2) is 6.61 Å². The SMILES string of the molecule is Nc1cnccc1C(=O)OCC(=O)N1c2ccccc2NC(=O)C12CCCC2. The molecule has 1 aliphatic heterocycles. The molecule has 0 unspecified atom stereocenters. The Labute approximate surface area is 161 Å². The molecule has 8 nitrogen and oxygen atoms in total. The number of rotatable bonds is 3. The van der Waals surface area contributed by atoms with Crippen molar-refractivity contribution in [2.45, 2.75) is 31.2 Å². The van der Waals surface area contributed by atoms with E-state index in [-0.39, 0.29) is 17.2 Å². The number of nitrogens with one attached hydrogen (secondary N) is 1. The third-order valence-electron chi connectivity index (χ3n) is 5.32. The summed E-state index contributed by atoms with van der Waals surface area (Å²) in [5.74, 6) is -1.34. The van der Waals surface area contributed by atoms with Gasteiger partial charge in [-0.05, 0) is 31.0 Å². The minimum absolute atomic E-state index is 0.148. The van der Waals surface area contributed by atoms with Crippen LogP contribution >= 0.6 is 0 Å². The van der Waals surface area contributed by atoms with Crippen LogP contribution in [0, 0.1) is 0 Å². The highest BCUT2D eigenvalue weighted by Crippen LogP contribution is 2.45. The first-order valence-electron chi connectivity index (χ1n) is 9.13. The van der Waals surface area contributed by atoms with Gasteiger partial charge in [0.05, 0.1) is 28.8 Å². The highest BCUT2D eigenvalue weighted by Gasteiger charge is 2.52. The first-order valence-corrected chi connectivity index (χ1v) is 9.13. The molecule has 0 bridgehead atoms. The van der Waals surface area contributed by atoms with E-state index >= 15 is 0 Å². The summed E-state index contributed by atoms with van der Waals surface area (Å²) in [6.07, 6.45) is 5.62. The summed E-state index contributed by atoms with van der Waals surface area (Å²) in [5.41, 5.74) is 6.31. The third-order valence-corrected chi connectivity index (χ3v) is 5.32. The van der Waals surface area contributed by atoms with Gasteiger partial charge in [-0.25, -0.2) is 4.79 Å². The zero-order chi connectivity index (χ0) is 19.7. The average Bonchev–Trinajstić information content (AvgIpc) is 3.18. The molecule has 2 amide bonds. The maximum absolute atomic E-state index is 13.1. The van der Waals surface area contributed by atoms with Crippen LogP contribution in [0.15, 0.2) is 42.7 Å². The fourth-order valence-corrected chi connectivity index (χ4v) is 3.99. The van der Waals surface area contributed by atoms with Gasteiger partial charge in [-0.2, -0.15) is 0 Å². The number of para-hydroxylation sites is 2. The lowest BCUT2D eigenvalue weighted by Gasteiger charge is -2.44. The van der Waals surface area contributed by atoms with Crippen molar-refractivity contribution in [3.63, 3.8) is 0 Å². The maximum atomic E-state index is 13.1. The summed E-state index contributed by atoms with van der Waals surface area (Å²) < 4.78 is 5.21. The fraction of sp³-hybridized carbons (Fsp3) is 0.300. The number of anilines is 3. The molecule has 8 heteroatoms. The summed E-state index contributed by atoms with van der Waals surface area (Å²) in [4.78, 5) is 43.6. The van der Waals surface area contributed by atoms with Gasteiger partial charge in [0.25, 0.3) is 11.8 Å². The van der Waals surface area contributed by atoms with Crippen molar-refractivity contribution in [1.82, 2.24) is 4.98 Å². The van der Waals surface area contributed by atoms with Gasteiger partial charge in [-0.1, -0.05) is 25.0 Å². The monoisotopic (exact) mass is 380 g/mol. The van der Waals surface area contributed by atoms with Gasteiger partial charge in [0, 0.05) is 6.20 Å². The third kappa shape index (κ3) is 2.87. The molecule has 0 saturated heterocycles. The van der Waals surface area contributed by atoms with Crippen LogP contribution < -0.4 is 16.0 Å². The Morgan fingerprint density at radius 1 is 1.21 bits per heavy atom. The Kier molecular flexibility index (Phi) is 4.46. The van der Waals surface area contributed by atoms with Gasteiger partial charge in [-0.3, -0.25) is 19.5 Å². The molecular formula is C20H20N4O4. The van der Waals surface area contributed by atoms with Crippen LogP contribution in [0.1, 0.15) is 36.0 Å². The summed E-state index contributed by atoms with van der Waals surface area (Å²) in [5, 5.41) is 2.91. The number of nitrogens with zero attached hydrogens (tertiary/aromatic N) is 2. The Morgan fingerprint density at radius 3 is 2.71 bits per heavy atom. The van der Waals surface area contributed by atoms with Crippen molar-refractivity contribution in [3.8, 4) is 0 Å².